The van der Waals surface area contributed by atoms with Crippen molar-refractivity contribution in [3.63, 3.8) is 0 Å². The molecule has 0 spiro atoms. The SMILES string of the molecule is COCC(C)Oc1cc(C(=O)Nc2nc(C)cs2)cc(OC(C)C)n1. The average molecular weight is 365 g/mol. The van der Waals surface area contributed by atoms with Crippen LogP contribution in [0.15, 0.2) is 17.5 Å². The van der Waals surface area contributed by atoms with Crippen molar-refractivity contribution < 1.29 is 19.0 Å². The number of anilines is 1. The number of aryl methyl sites for hydroxylation is 1. The Morgan fingerprint density at radius 3 is 2.44 bits per heavy atom. The Bertz CT molecular complexity index is 718. The summed E-state index contributed by atoms with van der Waals surface area (Å²) in [7, 11) is 1.60. The molecule has 2 aromatic rings. The standard InChI is InChI=1S/C17H23N3O4S/c1-10(2)23-14-6-13(7-15(19-14)24-12(4)8-22-5)16(21)20-17-18-11(3)9-25-17/h6-7,9-10,12H,8H2,1-5H3,(H,18,20,21). The van der Waals surface area contributed by atoms with Crippen LogP contribution in [-0.2, 0) is 4.74 Å². The monoisotopic (exact) mass is 365 g/mol. The van der Waals surface area contributed by atoms with E-state index in [4.69, 9.17) is 14.2 Å². The van der Waals surface area contributed by atoms with Crippen LogP contribution in [0.25, 0.3) is 0 Å². The van der Waals surface area contributed by atoms with Crippen molar-refractivity contribution >= 4 is 22.4 Å². The van der Waals surface area contributed by atoms with E-state index >= 15 is 0 Å². The molecular weight excluding hydrogens is 342 g/mol. The van der Waals surface area contributed by atoms with Gasteiger partial charge in [0, 0.05) is 24.6 Å². The van der Waals surface area contributed by atoms with Crippen LogP contribution in [0.3, 0.4) is 0 Å². The first kappa shape index (κ1) is 19.1. The van der Waals surface area contributed by atoms with Crippen LogP contribution in [0.2, 0.25) is 0 Å². The van der Waals surface area contributed by atoms with Gasteiger partial charge in [0.2, 0.25) is 11.8 Å². The molecule has 0 aromatic carbocycles. The van der Waals surface area contributed by atoms with E-state index in [0.717, 1.165) is 5.69 Å². The fourth-order valence-corrected chi connectivity index (χ4v) is 2.71. The summed E-state index contributed by atoms with van der Waals surface area (Å²) in [5.41, 5.74) is 1.24. The molecule has 0 aliphatic carbocycles. The van der Waals surface area contributed by atoms with Crippen molar-refractivity contribution in [1.82, 2.24) is 9.97 Å². The maximum Gasteiger partial charge on any atom is 0.257 e. The third-order valence-corrected chi connectivity index (χ3v) is 3.84. The number of pyridine rings is 1. The zero-order valence-electron chi connectivity index (χ0n) is 15.0. The summed E-state index contributed by atoms with van der Waals surface area (Å²) in [6.07, 6.45) is -0.277. The van der Waals surface area contributed by atoms with Crippen molar-refractivity contribution in [1.29, 1.82) is 0 Å². The average Bonchev–Trinajstić information content (AvgIpc) is 2.91. The lowest BCUT2D eigenvalue weighted by Crippen LogP contribution is -2.20. The van der Waals surface area contributed by atoms with Gasteiger partial charge in [-0.05, 0) is 27.7 Å². The van der Waals surface area contributed by atoms with Gasteiger partial charge in [0.15, 0.2) is 5.13 Å². The lowest BCUT2D eigenvalue weighted by atomic mass is 10.2. The molecule has 0 bridgehead atoms. The number of methoxy groups -OCH3 is 1. The van der Waals surface area contributed by atoms with E-state index in [1.807, 2.05) is 33.1 Å². The van der Waals surface area contributed by atoms with Gasteiger partial charge in [-0.15, -0.1) is 11.3 Å². The maximum atomic E-state index is 12.5. The highest BCUT2D eigenvalue weighted by molar-refractivity contribution is 7.13. The number of carbonyl (C=O) groups excluding carboxylic acids is 1. The molecule has 7 nitrogen and oxygen atoms in total. The lowest BCUT2D eigenvalue weighted by molar-refractivity contribution is 0.0876. The molecule has 1 amide bonds. The molecule has 1 atom stereocenters. The third kappa shape index (κ3) is 5.99. The first-order valence-electron chi connectivity index (χ1n) is 7.95. The normalized spacial score (nSPS) is 12.1. The number of amides is 1. The zero-order valence-corrected chi connectivity index (χ0v) is 15.8. The Kier molecular flexibility index (Phi) is 6.72. The summed E-state index contributed by atoms with van der Waals surface area (Å²) in [5, 5.41) is 5.18. The van der Waals surface area contributed by atoms with Crippen molar-refractivity contribution in [2.24, 2.45) is 0 Å². The van der Waals surface area contributed by atoms with Crippen molar-refractivity contribution in [3.8, 4) is 11.8 Å². The van der Waals surface area contributed by atoms with Crippen LogP contribution in [0, 0.1) is 6.92 Å². The molecule has 1 unspecified atom stereocenters. The molecular formula is C17H23N3O4S. The molecule has 1 N–H and O–H groups in total. The molecule has 0 aliphatic rings. The van der Waals surface area contributed by atoms with Gasteiger partial charge in [-0.2, -0.15) is 4.98 Å². The van der Waals surface area contributed by atoms with Gasteiger partial charge in [-0.1, -0.05) is 0 Å². The van der Waals surface area contributed by atoms with Crippen LogP contribution in [0.5, 0.6) is 11.8 Å². The number of nitrogens with zero attached hydrogens (tertiary/aromatic N) is 2. The van der Waals surface area contributed by atoms with Crippen molar-refractivity contribution in [2.75, 3.05) is 19.0 Å². The van der Waals surface area contributed by atoms with Gasteiger partial charge in [-0.25, -0.2) is 4.98 Å². The van der Waals surface area contributed by atoms with Crippen LogP contribution in [-0.4, -0.2) is 41.8 Å². The minimum Gasteiger partial charge on any atom is -0.475 e. The Balaban J connectivity index is 2.23. The predicted octanol–water partition coefficient (Wildman–Crippen LogP) is 3.30. The van der Waals surface area contributed by atoms with Gasteiger partial charge in [-0.3, -0.25) is 10.1 Å². The second kappa shape index (κ2) is 8.77. The molecule has 0 aliphatic heterocycles. The van der Waals surface area contributed by atoms with E-state index in [0.29, 0.717) is 29.1 Å². The quantitative estimate of drug-likeness (QED) is 0.773. The fourth-order valence-electron chi connectivity index (χ4n) is 2.03. The molecule has 0 radical (unpaired) electrons. The third-order valence-electron chi connectivity index (χ3n) is 2.96. The molecule has 25 heavy (non-hydrogen) atoms. The predicted molar refractivity (Wildman–Crippen MR) is 96.8 cm³/mol. The molecule has 0 fully saturated rings. The van der Waals surface area contributed by atoms with E-state index in [-0.39, 0.29) is 18.1 Å². The fraction of sp³-hybridized carbons (Fsp3) is 0.471. The molecule has 0 saturated carbocycles. The van der Waals surface area contributed by atoms with E-state index < -0.39 is 0 Å². The summed E-state index contributed by atoms with van der Waals surface area (Å²) in [4.78, 5) is 21.0. The Morgan fingerprint density at radius 2 is 1.88 bits per heavy atom. The summed E-state index contributed by atoms with van der Waals surface area (Å²) in [6, 6.07) is 3.17. The molecule has 2 aromatic heterocycles. The summed E-state index contributed by atoms with van der Waals surface area (Å²) in [6.45, 7) is 7.92. The second-order valence-electron chi connectivity index (χ2n) is 5.83. The van der Waals surface area contributed by atoms with Crippen LogP contribution < -0.4 is 14.8 Å². The highest BCUT2D eigenvalue weighted by atomic mass is 32.1. The topological polar surface area (TPSA) is 82.6 Å². The smallest absolute Gasteiger partial charge is 0.257 e. The number of ether oxygens (including phenoxy) is 3. The summed E-state index contributed by atoms with van der Waals surface area (Å²) in [5.74, 6) is 0.343. The van der Waals surface area contributed by atoms with E-state index in [1.165, 1.54) is 11.3 Å². The van der Waals surface area contributed by atoms with Gasteiger partial charge in [0.1, 0.15) is 6.10 Å². The molecule has 8 heteroatoms. The Morgan fingerprint density at radius 1 is 1.20 bits per heavy atom. The first-order valence-corrected chi connectivity index (χ1v) is 8.83. The molecule has 2 rings (SSSR count). The molecule has 2 heterocycles. The van der Waals surface area contributed by atoms with E-state index in [1.54, 1.807) is 19.2 Å². The Hall–Kier alpha value is -2.19. The largest absolute Gasteiger partial charge is 0.475 e. The molecule has 136 valence electrons. The summed E-state index contributed by atoms with van der Waals surface area (Å²) < 4.78 is 16.4. The number of hydrogen-bond donors (Lipinski definition) is 1. The van der Waals surface area contributed by atoms with Gasteiger partial charge in [0.05, 0.1) is 24.0 Å². The summed E-state index contributed by atoms with van der Waals surface area (Å²) >= 11 is 1.37. The van der Waals surface area contributed by atoms with E-state index in [9.17, 15) is 4.79 Å². The van der Waals surface area contributed by atoms with Crippen LogP contribution >= 0.6 is 11.3 Å². The minimum atomic E-state index is -0.297. The van der Waals surface area contributed by atoms with Crippen LogP contribution in [0.4, 0.5) is 5.13 Å². The second-order valence-corrected chi connectivity index (χ2v) is 6.69. The van der Waals surface area contributed by atoms with E-state index in [2.05, 4.69) is 15.3 Å². The molecule has 0 saturated heterocycles. The number of rotatable bonds is 8. The van der Waals surface area contributed by atoms with Crippen LogP contribution in [0.1, 0.15) is 36.8 Å². The zero-order chi connectivity index (χ0) is 18.4. The number of thiazole rings is 1. The number of aromatic nitrogens is 2. The van der Waals surface area contributed by atoms with Crippen molar-refractivity contribution in [2.45, 2.75) is 39.9 Å². The number of nitrogens with one attached hydrogen (secondary N) is 1. The Labute approximate surface area is 151 Å². The number of hydrogen-bond acceptors (Lipinski definition) is 7. The maximum absolute atomic E-state index is 12.5. The van der Waals surface area contributed by atoms with Gasteiger partial charge < -0.3 is 14.2 Å². The lowest BCUT2D eigenvalue weighted by Gasteiger charge is -2.16. The highest BCUT2D eigenvalue weighted by Crippen LogP contribution is 2.22. The van der Waals surface area contributed by atoms with Gasteiger partial charge in [0.25, 0.3) is 5.91 Å². The number of carbonyl (C=O) groups is 1. The minimum absolute atomic E-state index is 0.0725. The first-order chi connectivity index (χ1) is 11.9. The highest BCUT2D eigenvalue weighted by Gasteiger charge is 2.15. The van der Waals surface area contributed by atoms with Crippen molar-refractivity contribution in [3.05, 3.63) is 28.8 Å². The van der Waals surface area contributed by atoms with Gasteiger partial charge >= 0.3 is 0 Å².